The van der Waals surface area contributed by atoms with Crippen molar-refractivity contribution in [3.05, 3.63) is 35.9 Å². The fourth-order valence-corrected chi connectivity index (χ4v) is 0.953. The van der Waals surface area contributed by atoms with E-state index in [1.165, 1.54) is 24.8 Å². The van der Waals surface area contributed by atoms with E-state index in [0.717, 1.165) is 0 Å². The molecular weight excluding hydrogens is 159 g/mol. The average Bonchev–Trinajstić information content (AvgIpc) is 2.03. The van der Waals surface area contributed by atoms with Crippen LogP contribution < -0.4 is 51.4 Å². The Bertz CT molecular complexity index is 169. The van der Waals surface area contributed by atoms with E-state index in [1.54, 1.807) is 0 Å². The Morgan fingerprint density at radius 1 is 1.36 bits per heavy atom. The van der Waals surface area contributed by atoms with Crippen LogP contribution >= 0.6 is 0 Å². The van der Waals surface area contributed by atoms with Crippen molar-refractivity contribution in [1.82, 2.24) is 0 Å². The Morgan fingerprint density at radius 3 is 2.73 bits per heavy atom. The molecule has 0 radical (unpaired) electrons. The molecule has 0 N–H and O–H groups in total. The van der Waals surface area contributed by atoms with Gasteiger partial charge in [-0.15, -0.1) is 0 Å². The summed E-state index contributed by atoms with van der Waals surface area (Å²) in [5, 5.41) is 0. The van der Waals surface area contributed by atoms with Crippen LogP contribution in [0.15, 0.2) is 24.3 Å². The first-order valence-corrected chi connectivity index (χ1v) is 3.89. The molecule has 0 aliphatic carbocycles. The summed E-state index contributed by atoms with van der Waals surface area (Å²) in [5.74, 6) is 0. The van der Waals surface area contributed by atoms with Crippen molar-refractivity contribution < 1.29 is 51.4 Å². The largest absolute Gasteiger partial charge is 1.00 e. The van der Waals surface area contributed by atoms with E-state index >= 15 is 0 Å². The zero-order valence-electron chi connectivity index (χ0n) is 7.43. The Labute approximate surface area is 112 Å². The molecule has 0 aliphatic heterocycles. The summed E-state index contributed by atoms with van der Waals surface area (Å²) < 4.78 is 0. The molecule has 0 aromatic heterocycles. The minimum atomic E-state index is 0. The van der Waals surface area contributed by atoms with Crippen LogP contribution in [0.4, 0.5) is 0 Å². The van der Waals surface area contributed by atoms with Crippen LogP contribution in [0.25, 0.3) is 0 Å². The van der Waals surface area contributed by atoms with Crippen LogP contribution in [0.2, 0.25) is 0 Å². The number of rotatable bonds is 3. The van der Waals surface area contributed by atoms with Crippen molar-refractivity contribution in [3.63, 3.8) is 0 Å². The van der Waals surface area contributed by atoms with Gasteiger partial charge in [0, 0.05) is 0 Å². The molecule has 0 unspecified atom stereocenters. The summed E-state index contributed by atoms with van der Waals surface area (Å²) in [6.07, 6.45) is 3.72. The second kappa shape index (κ2) is 7.50. The zero-order valence-corrected chi connectivity index (χ0v) is 10.6. The molecule has 0 amide bonds. The fraction of sp³-hybridized carbons (Fsp3) is 0.400. The molecule has 0 spiro atoms. The summed E-state index contributed by atoms with van der Waals surface area (Å²) in [6.45, 7) is 2.21. The van der Waals surface area contributed by atoms with E-state index in [0.29, 0.717) is 0 Å². The van der Waals surface area contributed by atoms with E-state index in [2.05, 4.69) is 25.1 Å². The molecule has 0 saturated carbocycles. The van der Waals surface area contributed by atoms with E-state index in [4.69, 9.17) is 0 Å². The Kier molecular flexibility index (Phi) is 8.09. The molecule has 1 rings (SSSR count). The van der Waals surface area contributed by atoms with Crippen molar-refractivity contribution in [1.29, 1.82) is 0 Å². The number of benzene rings is 1. The van der Waals surface area contributed by atoms with Crippen molar-refractivity contribution in [2.45, 2.75) is 26.2 Å². The van der Waals surface area contributed by atoms with Gasteiger partial charge in [0.1, 0.15) is 0 Å². The van der Waals surface area contributed by atoms with Gasteiger partial charge in [-0.3, -0.25) is 0 Å². The van der Waals surface area contributed by atoms with Crippen molar-refractivity contribution >= 4 is 0 Å². The molecule has 1 aromatic rings. The molecule has 0 fully saturated rings. The SMILES string of the molecule is CCCCc1[c-]cccc1.[K+]. The topological polar surface area (TPSA) is 0 Å². The standard InChI is InChI=1S/C10H13.K/c1-2-3-7-10-8-5-4-6-9-10;/h4-6,8H,2-3,7H2,1H3;/q-1;+1. The first kappa shape index (κ1) is 11.9. The van der Waals surface area contributed by atoms with Gasteiger partial charge >= 0.3 is 51.4 Å². The van der Waals surface area contributed by atoms with Crippen molar-refractivity contribution in [3.8, 4) is 0 Å². The molecular formula is C10H13K. The third kappa shape index (κ3) is 5.15. The molecule has 0 atom stereocenters. The smallest absolute Gasteiger partial charge is 0.180 e. The minimum absolute atomic E-state index is 0. The van der Waals surface area contributed by atoms with Gasteiger partial charge in [-0.2, -0.15) is 35.9 Å². The Morgan fingerprint density at radius 2 is 2.18 bits per heavy atom. The first-order valence-electron chi connectivity index (χ1n) is 3.89. The van der Waals surface area contributed by atoms with Crippen LogP contribution in [-0.4, -0.2) is 0 Å². The number of hydrogen-bond acceptors (Lipinski definition) is 0. The van der Waals surface area contributed by atoms with E-state index in [-0.39, 0.29) is 51.4 Å². The second-order valence-electron chi connectivity index (χ2n) is 2.49. The van der Waals surface area contributed by atoms with Gasteiger partial charge in [-0.1, -0.05) is 26.2 Å². The predicted octanol–water partition coefficient (Wildman–Crippen LogP) is -0.167. The van der Waals surface area contributed by atoms with E-state index in [1.807, 2.05) is 12.1 Å². The Hall–Kier alpha value is 0.856. The first-order chi connectivity index (χ1) is 4.93. The summed E-state index contributed by atoms with van der Waals surface area (Å²) in [6, 6.07) is 11.4. The van der Waals surface area contributed by atoms with Crippen LogP contribution in [0.5, 0.6) is 0 Å². The number of aryl methyl sites for hydroxylation is 1. The maximum Gasteiger partial charge on any atom is 1.00 e. The van der Waals surface area contributed by atoms with Gasteiger partial charge in [0.25, 0.3) is 0 Å². The van der Waals surface area contributed by atoms with Gasteiger partial charge < -0.3 is 0 Å². The van der Waals surface area contributed by atoms with E-state index < -0.39 is 0 Å². The van der Waals surface area contributed by atoms with Gasteiger partial charge in [0.2, 0.25) is 0 Å². The quantitative estimate of drug-likeness (QED) is 0.439. The maximum atomic E-state index is 3.20. The fourth-order valence-electron chi connectivity index (χ4n) is 0.953. The van der Waals surface area contributed by atoms with Crippen LogP contribution in [-0.2, 0) is 6.42 Å². The molecule has 0 saturated heterocycles. The normalized spacial score (nSPS) is 8.82. The molecule has 1 aromatic carbocycles. The molecule has 0 nitrogen and oxygen atoms in total. The molecule has 1 heteroatoms. The number of hydrogen-bond donors (Lipinski definition) is 0. The summed E-state index contributed by atoms with van der Waals surface area (Å²) in [7, 11) is 0. The maximum absolute atomic E-state index is 3.20. The third-order valence-electron chi connectivity index (χ3n) is 1.57. The average molecular weight is 172 g/mol. The molecule has 0 aliphatic rings. The minimum Gasteiger partial charge on any atom is -0.180 e. The summed E-state index contributed by atoms with van der Waals surface area (Å²) in [5.41, 5.74) is 1.34. The monoisotopic (exact) mass is 172 g/mol. The van der Waals surface area contributed by atoms with Crippen LogP contribution in [0.1, 0.15) is 25.3 Å². The third-order valence-corrected chi connectivity index (χ3v) is 1.57. The molecule has 0 heterocycles. The molecule has 11 heavy (non-hydrogen) atoms. The van der Waals surface area contributed by atoms with Crippen molar-refractivity contribution in [2.24, 2.45) is 0 Å². The van der Waals surface area contributed by atoms with Crippen LogP contribution in [0.3, 0.4) is 0 Å². The molecule has 54 valence electrons. The Balaban J connectivity index is 0.000001000. The van der Waals surface area contributed by atoms with Crippen LogP contribution in [0, 0.1) is 6.07 Å². The number of unbranched alkanes of at least 4 members (excludes halogenated alkanes) is 1. The van der Waals surface area contributed by atoms with Gasteiger partial charge in [-0.05, 0) is 0 Å². The van der Waals surface area contributed by atoms with Gasteiger partial charge in [0.15, 0.2) is 0 Å². The second-order valence-corrected chi connectivity index (χ2v) is 2.49. The van der Waals surface area contributed by atoms with Gasteiger partial charge in [0.05, 0.1) is 0 Å². The van der Waals surface area contributed by atoms with E-state index in [9.17, 15) is 0 Å². The summed E-state index contributed by atoms with van der Waals surface area (Å²) in [4.78, 5) is 0. The molecule has 0 bridgehead atoms. The summed E-state index contributed by atoms with van der Waals surface area (Å²) >= 11 is 0. The predicted molar refractivity (Wildman–Crippen MR) is 43.9 cm³/mol. The zero-order chi connectivity index (χ0) is 7.23. The van der Waals surface area contributed by atoms with Gasteiger partial charge in [-0.25, -0.2) is 0 Å². The van der Waals surface area contributed by atoms with Crippen molar-refractivity contribution in [2.75, 3.05) is 0 Å².